The summed E-state index contributed by atoms with van der Waals surface area (Å²) in [6.07, 6.45) is 0. The Labute approximate surface area is 249 Å². The second-order valence-electron chi connectivity index (χ2n) is 8.26. The van der Waals surface area contributed by atoms with E-state index >= 15 is 0 Å². The lowest BCUT2D eigenvalue weighted by Gasteiger charge is -2.49. The summed E-state index contributed by atoms with van der Waals surface area (Å²) in [5, 5.41) is 28.5. The van der Waals surface area contributed by atoms with Crippen molar-refractivity contribution in [2.45, 2.75) is 28.3 Å². The molecule has 0 aliphatic carbocycles. The number of hydrogen-bond acceptors (Lipinski definition) is 16. The number of aryl methyl sites for hydroxylation is 1. The van der Waals surface area contributed by atoms with E-state index in [0.717, 1.165) is 27.0 Å². The van der Waals surface area contributed by atoms with Crippen molar-refractivity contribution in [1.82, 2.24) is 20.2 Å². The summed E-state index contributed by atoms with van der Waals surface area (Å²) in [7, 11) is 0. The summed E-state index contributed by atoms with van der Waals surface area (Å²) in [6, 6.07) is -1.01. The Balaban J connectivity index is 1.53. The van der Waals surface area contributed by atoms with Gasteiger partial charge in [-0.05, 0) is 6.92 Å². The first-order chi connectivity index (χ1) is 19.2. The SMILES string of the molecule is Cc1sc(N)nc1/C(=N/O)C(=O)N[C@@H]1C(=O)N2C(C(=O)O)=C(Sc3sc(NCCN)nc3CSCCN)CS[C@H]12. The van der Waals surface area contributed by atoms with Crippen LogP contribution in [0.3, 0.4) is 0 Å². The molecule has 2 aliphatic rings. The van der Waals surface area contributed by atoms with Crippen LogP contribution in [0.4, 0.5) is 10.3 Å². The lowest BCUT2D eigenvalue weighted by atomic mass is 10.0. The summed E-state index contributed by atoms with van der Waals surface area (Å²) in [6.45, 7) is 3.17. The van der Waals surface area contributed by atoms with Gasteiger partial charge < -0.3 is 38.1 Å². The second kappa shape index (κ2) is 13.4. The molecule has 0 bridgehead atoms. The zero-order valence-electron chi connectivity index (χ0n) is 21.1. The van der Waals surface area contributed by atoms with E-state index in [2.05, 4.69) is 25.8 Å². The first-order valence-corrected chi connectivity index (χ1v) is 16.4. The number of carboxylic acid groups (broad SMARTS) is 1. The first-order valence-electron chi connectivity index (χ1n) is 11.8. The van der Waals surface area contributed by atoms with Gasteiger partial charge in [0.25, 0.3) is 11.8 Å². The van der Waals surface area contributed by atoms with Gasteiger partial charge in [-0.1, -0.05) is 28.3 Å². The normalized spacial score (nSPS) is 18.9. The summed E-state index contributed by atoms with van der Waals surface area (Å²) in [4.78, 5) is 49.3. The maximum absolute atomic E-state index is 13.1. The Morgan fingerprint density at radius 2 is 2.02 bits per heavy atom. The highest BCUT2D eigenvalue weighted by atomic mass is 32.2. The highest BCUT2D eigenvalue weighted by Crippen LogP contribution is 2.47. The number of carboxylic acids is 1. The van der Waals surface area contributed by atoms with Crippen molar-refractivity contribution >= 4 is 91.7 Å². The molecule has 0 radical (unpaired) electrons. The Bertz CT molecular complexity index is 1360. The van der Waals surface area contributed by atoms with Crippen LogP contribution in [0.5, 0.6) is 0 Å². The maximum Gasteiger partial charge on any atom is 0.353 e. The van der Waals surface area contributed by atoms with Crippen LogP contribution in [0.2, 0.25) is 0 Å². The molecule has 0 spiro atoms. The van der Waals surface area contributed by atoms with E-state index in [9.17, 15) is 24.7 Å². The van der Waals surface area contributed by atoms with Crippen LogP contribution in [0, 0.1) is 6.92 Å². The number of amides is 2. The number of β-lactam (4-membered cyclic amide) rings is 1. The number of thioether (sulfide) groups is 3. The third-order valence-electron chi connectivity index (χ3n) is 5.57. The average Bonchev–Trinajstić information content (AvgIpc) is 3.47. The van der Waals surface area contributed by atoms with E-state index in [1.165, 1.54) is 39.8 Å². The van der Waals surface area contributed by atoms with E-state index in [1.807, 2.05) is 0 Å². The number of thiazole rings is 2. The molecule has 14 nitrogen and oxygen atoms in total. The third-order valence-corrected chi connectivity index (χ3v) is 11.2. The first kappa shape index (κ1) is 30.4. The molecule has 0 unspecified atom stereocenters. The Morgan fingerprint density at radius 3 is 2.65 bits per heavy atom. The second-order valence-corrected chi connectivity index (χ2v) is 14.1. The van der Waals surface area contributed by atoms with Crippen LogP contribution in [-0.4, -0.2) is 91.2 Å². The van der Waals surface area contributed by atoms with Gasteiger partial charge in [-0.15, -0.1) is 23.1 Å². The maximum atomic E-state index is 13.1. The molecule has 1 saturated heterocycles. The van der Waals surface area contributed by atoms with E-state index in [4.69, 9.17) is 17.2 Å². The molecule has 0 saturated carbocycles. The number of fused-ring (bicyclic) bond motifs is 1. The fraction of sp³-hybridized carbons (Fsp3) is 0.429. The topological polar surface area (TPSA) is 235 Å². The van der Waals surface area contributed by atoms with Gasteiger partial charge >= 0.3 is 5.97 Å². The lowest BCUT2D eigenvalue weighted by Crippen LogP contribution is -2.71. The van der Waals surface area contributed by atoms with Crippen LogP contribution in [0.15, 0.2) is 20.0 Å². The van der Waals surface area contributed by atoms with Gasteiger partial charge in [0.05, 0.1) is 9.90 Å². The number of aromatic nitrogens is 2. The molecule has 216 valence electrons. The minimum Gasteiger partial charge on any atom is -0.477 e. The van der Waals surface area contributed by atoms with Crippen molar-refractivity contribution in [3.63, 3.8) is 0 Å². The van der Waals surface area contributed by atoms with Crippen molar-refractivity contribution in [1.29, 1.82) is 0 Å². The molecule has 0 aromatic carbocycles. The van der Waals surface area contributed by atoms with Crippen LogP contribution in [-0.2, 0) is 20.1 Å². The number of aliphatic carboxylic acids is 1. The van der Waals surface area contributed by atoms with Gasteiger partial charge in [0, 0.05) is 46.7 Å². The van der Waals surface area contributed by atoms with Crippen LogP contribution in [0.1, 0.15) is 16.3 Å². The predicted molar refractivity (Wildman–Crippen MR) is 160 cm³/mol. The molecule has 2 aromatic heterocycles. The molecule has 2 atom stereocenters. The number of hydrogen-bond donors (Lipinski definition) is 7. The standard InChI is InChI=1S/C21H27N9O5S5/c1-8-11(28-20(24)38-8)12(29-35)15(31)27-13-16(32)30-14(18(33)34)10(7-37-17(13)30)39-19-9(6-36-5-3-23)26-21(40-19)25-4-2-22/h13,17,35H,2-7,22-23H2,1H3,(H2,24,28)(H,25,26)(H,27,31)(H,33,34)/b29-12-/t13-,17-/m1/s1. The largest absolute Gasteiger partial charge is 0.477 e. The Kier molecular flexibility index (Phi) is 10.2. The number of carbonyl (C=O) groups excluding carboxylic acids is 2. The predicted octanol–water partition coefficient (Wildman–Crippen LogP) is 0.719. The van der Waals surface area contributed by atoms with E-state index in [0.29, 0.717) is 46.1 Å². The number of oxime groups is 1. The lowest BCUT2D eigenvalue weighted by molar-refractivity contribution is -0.150. The molecular formula is C21H27N9O5S5. The summed E-state index contributed by atoms with van der Waals surface area (Å²) < 4.78 is 0.816. The van der Waals surface area contributed by atoms with Crippen molar-refractivity contribution in [3.05, 3.63) is 26.9 Å². The van der Waals surface area contributed by atoms with Crippen LogP contribution in [0.25, 0.3) is 0 Å². The quantitative estimate of drug-likeness (QED) is 0.0523. The van der Waals surface area contributed by atoms with Crippen LogP contribution < -0.4 is 27.8 Å². The third kappa shape index (κ3) is 6.34. The van der Waals surface area contributed by atoms with Crippen molar-refractivity contribution < 1.29 is 24.7 Å². The minimum atomic E-state index is -1.25. The number of nitrogens with one attached hydrogen (secondary N) is 2. The number of nitrogen functional groups attached to an aromatic ring is 1. The molecule has 4 rings (SSSR count). The zero-order chi connectivity index (χ0) is 29.0. The summed E-state index contributed by atoms with van der Waals surface area (Å²) in [5.74, 6) is -1.00. The molecule has 2 aliphatic heterocycles. The van der Waals surface area contributed by atoms with Gasteiger partial charge in [-0.25, -0.2) is 14.8 Å². The molecule has 4 heterocycles. The molecular weight excluding hydrogens is 619 g/mol. The average molecular weight is 646 g/mol. The highest BCUT2D eigenvalue weighted by molar-refractivity contribution is 8.07. The van der Waals surface area contributed by atoms with Crippen LogP contribution >= 0.6 is 58.0 Å². The Hall–Kier alpha value is -2.55. The molecule has 10 N–H and O–H groups in total. The van der Waals surface area contributed by atoms with E-state index in [1.54, 1.807) is 18.7 Å². The van der Waals surface area contributed by atoms with Gasteiger partial charge in [-0.3, -0.25) is 14.5 Å². The minimum absolute atomic E-state index is 0.109. The number of nitrogens with zero attached hydrogens (tertiary/aromatic N) is 4. The van der Waals surface area contributed by atoms with E-state index < -0.39 is 29.2 Å². The van der Waals surface area contributed by atoms with Gasteiger partial charge in [-0.2, -0.15) is 11.8 Å². The molecule has 1 fully saturated rings. The fourth-order valence-electron chi connectivity index (χ4n) is 3.84. The number of carbonyl (C=O) groups is 3. The molecule has 2 amide bonds. The Morgan fingerprint density at radius 1 is 1.25 bits per heavy atom. The van der Waals surface area contributed by atoms with Gasteiger partial charge in [0.1, 0.15) is 22.8 Å². The molecule has 40 heavy (non-hydrogen) atoms. The summed E-state index contributed by atoms with van der Waals surface area (Å²) in [5.41, 5.74) is 17.3. The van der Waals surface area contributed by atoms with Crippen molar-refractivity contribution in [3.8, 4) is 0 Å². The highest BCUT2D eigenvalue weighted by Gasteiger charge is 2.54. The monoisotopic (exact) mass is 645 g/mol. The number of nitrogens with two attached hydrogens (primary N) is 3. The van der Waals surface area contributed by atoms with Crippen molar-refractivity contribution in [2.75, 3.05) is 42.2 Å². The van der Waals surface area contributed by atoms with Gasteiger partial charge in [0.15, 0.2) is 16.0 Å². The molecule has 2 aromatic rings. The smallest absolute Gasteiger partial charge is 0.353 e. The zero-order valence-corrected chi connectivity index (χ0v) is 25.2. The number of rotatable bonds is 13. The fourth-order valence-corrected chi connectivity index (χ4v) is 9.25. The van der Waals surface area contributed by atoms with Crippen molar-refractivity contribution in [2.24, 2.45) is 16.6 Å². The van der Waals surface area contributed by atoms with Gasteiger partial charge in [0.2, 0.25) is 0 Å². The molecule has 19 heteroatoms. The number of anilines is 2. The summed E-state index contributed by atoms with van der Waals surface area (Å²) >= 11 is 6.74. The van der Waals surface area contributed by atoms with E-state index in [-0.39, 0.29) is 22.2 Å².